The zero-order valence-electron chi connectivity index (χ0n) is 17.2. The van der Waals surface area contributed by atoms with E-state index in [1.165, 1.54) is 40.4 Å². The number of carbonyl (C=O) groups is 3. The summed E-state index contributed by atoms with van der Waals surface area (Å²) in [4.78, 5) is 36.5. The lowest BCUT2D eigenvalue weighted by Crippen LogP contribution is -2.42. The van der Waals surface area contributed by atoms with Crippen molar-refractivity contribution in [2.45, 2.75) is 44.8 Å². The van der Waals surface area contributed by atoms with E-state index in [9.17, 15) is 14.4 Å². The highest BCUT2D eigenvalue weighted by molar-refractivity contribution is 5.97. The fourth-order valence-electron chi connectivity index (χ4n) is 3.15. The Morgan fingerprint density at radius 2 is 1.62 bits per heavy atom. The van der Waals surface area contributed by atoms with Gasteiger partial charge >= 0.3 is 5.97 Å². The highest BCUT2D eigenvalue weighted by atomic mass is 16.5. The van der Waals surface area contributed by atoms with Gasteiger partial charge in [0.2, 0.25) is 5.75 Å². The van der Waals surface area contributed by atoms with Crippen molar-refractivity contribution in [1.82, 2.24) is 10.6 Å². The van der Waals surface area contributed by atoms with E-state index >= 15 is 0 Å². The average molecular weight is 408 g/mol. The molecule has 1 saturated carbocycles. The van der Waals surface area contributed by atoms with Crippen molar-refractivity contribution in [3.05, 3.63) is 17.7 Å². The Bertz CT molecular complexity index is 719. The first-order chi connectivity index (χ1) is 13.9. The Morgan fingerprint density at radius 1 is 1.03 bits per heavy atom. The normalized spacial score (nSPS) is 14.6. The molecule has 0 spiro atoms. The van der Waals surface area contributed by atoms with Crippen LogP contribution in [0.4, 0.5) is 0 Å². The van der Waals surface area contributed by atoms with Crippen LogP contribution in [0.2, 0.25) is 0 Å². The first-order valence-corrected chi connectivity index (χ1v) is 9.47. The molecular weight excluding hydrogens is 380 g/mol. The molecule has 2 amide bonds. The molecule has 1 aliphatic rings. The maximum atomic E-state index is 12.4. The molecule has 0 radical (unpaired) electrons. The molecule has 1 aromatic rings. The highest BCUT2D eigenvalue weighted by Gasteiger charge is 2.23. The number of ether oxygens (including phenoxy) is 4. The van der Waals surface area contributed by atoms with Gasteiger partial charge in [-0.3, -0.25) is 14.4 Å². The highest BCUT2D eigenvalue weighted by Crippen LogP contribution is 2.38. The molecule has 1 atom stereocenters. The molecular formula is C20H28N2O7. The number of carbonyl (C=O) groups excluding carboxylic acids is 3. The predicted octanol–water partition coefficient (Wildman–Crippen LogP) is 1.43. The second kappa shape index (κ2) is 10.5. The van der Waals surface area contributed by atoms with Gasteiger partial charge in [-0.1, -0.05) is 12.8 Å². The molecule has 1 unspecified atom stereocenters. The van der Waals surface area contributed by atoms with Crippen LogP contribution in [-0.2, 0) is 14.3 Å². The van der Waals surface area contributed by atoms with Crippen molar-refractivity contribution >= 4 is 17.8 Å². The number of amides is 2. The van der Waals surface area contributed by atoms with Crippen molar-refractivity contribution in [3.8, 4) is 17.2 Å². The maximum absolute atomic E-state index is 12.4. The van der Waals surface area contributed by atoms with Gasteiger partial charge in [-0.25, -0.2) is 0 Å². The topological polar surface area (TPSA) is 112 Å². The molecule has 1 fully saturated rings. The summed E-state index contributed by atoms with van der Waals surface area (Å²) in [5, 5.41) is 5.33. The number of methoxy groups -OCH3 is 3. The van der Waals surface area contributed by atoms with Crippen molar-refractivity contribution in [1.29, 1.82) is 0 Å². The lowest BCUT2D eigenvalue weighted by Gasteiger charge is -2.17. The third-order valence-corrected chi connectivity index (χ3v) is 4.70. The Balaban J connectivity index is 1.89. The predicted molar refractivity (Wildman–Crippen MR) is 104 cm³/mol. The van der Waals surface area contributed by atoms with Gasteiger partial charge in [0.1, 0.15) is 6.54 Å². The molecule has 9 heteroatoms. The van der Waals surface area contributed by atoms with E-state index in [2.05, 4.69) is 10.6 Å². The second-order valence-corrected chi connectivity index (χ2v) is 6.72. The van der Waals surface area contributed by atoms with E-state index in [4.69, 9.17) is 18.9 Å². The molecule has 0 heterocycles. The minimum Gasteiger partial charge on any atom is -0.493 e. The summed E-state index contributed by atoms with van der Waals surface area (Å²) in [5.41, 5.74) is 0.222. The maximum Gasteiger partial charge on any atom is 0.326 e. The number of rotatable bonds is 9. The van der Waals surface area contributed by atoms with Crippen LogP contribution in [0.1, 0.15) is 43.0 Å². The first kappa shape index (κ1) is 22.3. The number of hydrogen-bond donors (Lipinski definition) is 2. The van der Waals surface area contributed by atoms with Crippen molar-refractivity contribution in [3.63, 3.8) is 0 Å². The van der Waals surface area contributed by atoms with Crippen LogP contribution in [-0.4, -0.2) is 57.8 Å². The van der Waals surface area contributed by atoms with Crippen molar-refractivity contribution in [2.75, 3.05) is 27.9 Å². The van der Waals surface area contributed by atoms with Crippen LogP contribution in [0.5, 0.6) is 17.2 Å². The summed E-state index contributed by atoms with van der Waals surface area (Å²) in [7, 11) is 4.34. The van der Waals surface area contributed by atoms with E-state index in [0.29, 0.717) is 17.2 Å². The van der Waals surface area contributed by atoms with Gasteiger partial charge in [0, 0.05) is 11.6 Å². The van der Waals surface area contributed by atoms with Gasteiger partial charge in [-0.2, -0.15) is 0 Å². The Labute approximate surface area is 170 Å². The van der Waals surface area contributed by atoms with E-state index in [1.807, 2.05) is 0 Å². The minimum atomic E-state index is -0.929. The standard InChI is InChI=1S/C20H28N2O7/c1-12(19(24)22-14-7-5-6-8-14)29-17(23)11-21-20(25)13-9-15(26-2)18(28-4)16(10-13)27-3/h9-10,12,14H,5-8,11H2,1-4H3,(H,21,25)(H,22,24). The lowest BCUT2D eigenvalue weighted by atomic mass is 10.1. The number of nitrogens with one attached hydrogen (secondary N) is 2. The molecule has 2 N–H and O–H groups in total. The molecule has 0 bridgehead atoms. The van der Waals surface area contributed by atoms with Crippen LogP contribution in [0, 0.1) is 0 Å². The first-order valence-electron chi connectivity index (χ1n) is 9.47. The summed E-state index contributed by atoms with van der Waals surface area (Å²) in [6, 6.07) is 3.09. The van der Waals surface area contributed by atoms with Gasteiger partial charge in [0.05, 0.1) is 21.3 Å². The fraction of sp³-hybridized carbons (Fsp3) is 0.550. The molecule has 1 aliphatic carbocycles. The average Bonchev–Trinajstić information content (AvgIpc) is 3.23. The zero-order valence-corrected chi connectivity index (χ0v) is 17.2. The summed E-state index contributed by atoms with van der Waals surface area (Å²) in [6.45, 7) is 1.12. The van der Waals surface area contributed by atoms with Gasteiger partial charge in [-0.15, -0.1) is 0 Å². The van der Waals surface area contributed by atoms with Gasteiger partial charge in [0.15, 0.2) is 17.6 Å². The van der Waals surface area contributed by atoms with Crippen molar-refractivity contribution in [2.24, 2.45) is 0 Å². The van der Waals surface area contributed by atoms with Gasteiger partial charge < -0.3 is 29.6 Å². The molecule has 0 saturated heterocycles. The molecule has 0 aliphatic heterocycles. The number of esters is 1. The third kappa shape index (κ3) is 6.00. The minimum absolute atomic E-state index is 0.142. The van der Waals surface area contributed by atoms with Crippen LogP contribution >= 0.6 is 0 Å². The van der Waals surface area contributed by atoms with Crippen LogP contribution in [0.3, 0.4) is 0 Å². The van der Waals surface area contributed by atoms with Crippen molar-refractivity contribution < 1.29 is 33.3 Å². The van der Waals surface area contributed by atoms with E-state index < -0.39 is 18.0 Å². The molecule has 9 nitrogen and oxygen atoms in total. The molecule has 160 valence electrons. The Kier molecular flexibility index (Phi) is 8.11. The smallest absolute Gasteiger partial charge is 0.326 e. The second-order valence-electron chi connectivity index (χ2n) is 6.72. The Morgan fingerprint density at radius 3 is 2.14 bits per heavy atom. The van der Waals surface area contributed by atoms with Gasteiger partial charge in [-0.05, 0) is 31.9 Å². The number of hydrogen-bond acceptors (Lipinski definition) is 7. The molecule has 2 rings (SSSR count). The summed E-state index contributed by atoms with van der Waals surface area (Å²) in [6.07, 6.45) is 3.13. The molecule has 1 aromatic carbocycles. The lowest BCUT2D eigenvalue weighted by molar-refractivity contribution is -0.154. The number of benzene rings is 1. The monoisotopic (exact) mass is 408 g/mol. The van der Waals surface area contributed by atoms with Gasteiger partial charge in [0.25, 0.3) is 11.8 Å². The van der Waals surface area contributed by atoms with Crippen LogP contribution < -0.4 is 24.8 Å². The van der Waals surface area contributed by atoms with Crippen LogP contribution in [0.15, 0.2) is 12.1 Å². The molecule has 0 aromatic heterocycles. The van der Waals surface area contributed by atoms with Crippen LogP contribution in [0.25, 0.3) is 0 Å². The van der Waals surface area contributed by atoms with E-state index in [1.54, 1.807) is 0 Å². The summed E-state index contributed by atoms with van der Waals surface area (Å²) < 4.78 is 20.7. The zero-order chi connectivity index (χ0) is 21.4. The summed E-state index contributed by atoms with van der Waals surface area (Å²) >= 11 is 0. The molecule has 29 heavy (non-hydrogen) atoms. The summed E-state index contributed by atoms with van der Waals surface area (Å²) in [5.74, 6) is -0.577. The SMILES string of the molecule is COc1cc(C(=O)NCC(=O)OC(C)C(=O)NC2CCCC2)cc(OC)c1OC. The third-order valence-electron chi connectivity index (χ3n) is 4.70. The van der Waals surface area contributed by atoms with E-state index in [-0.39, 0.29) is 24.1 Å². The Hall–Kier alpha value is -2.97. The fourth-order valence-corrected chi connectivity index (χ4v) is 3.15. The van der Waals surface area contributed by atoms with E-state index in [0.717, 1.165) is 25.7 Å². The largest absolute Gasteiger partial charge is 0.493 e. The quantitative estimate of drug-likeness (QED) is 0.595.